The second-order valence-corrected chi connectivity index (χ2v) is 3.29. The van der Waals surface area contributed by atoms with Gasteiger partial charge in [0.05, 0.1) is 5.88 Å². The zero-order chi connectivity index (χ0) is 10.9. The fourth-order valence-electron chi connectivity index (χ4n) is 1.22. The van der Waals surface area contributed by atoms with E-state index in [0.29, 0.717) is 18.2 Å². The molecule has 3 heteroatoms. The topological polar surface area (TPSA) is 26.3 Å². The Labute approximate surface area is 94.6 Å². The number of aldehydes is 1. The first-order chi connectivity index (χ1) is 7.38. The molecular weight excluding hydrogens is 212 g/mol. The van der Waals surface area contributed by atoms with Crippen LogP contribution in [0.2, 0.25) is 0 Å². The van der Waals surface area contributed by atoms with Gasteiger partial charge in [0.1, 0.15) is 18.7 Å². The van der Waals surface area contributed by atoms with Crippen LogP contribution in [0.3, 0.4) is 0 Å². The van der Waals surface area contributed by atoms with Crippen LogP contribution in [0.4, 0.5) is 0 Å². The van der Waals surface area contributed by atoms with Gasteiger partial charge >= 0.3 is 0 Å². The Balaban J connectivity index is 2.75. The van der Waals surface area contributed by atoms with Gasteiger partial charge in [-0.05, 0) is 12.0 Å². The Hall–Kier alpha value is -1.28. The highest BCUT2D eigenvalue weighted by molar-refractivity contribution is 6.17. The smallest absolute Gasteiger partial charge is 0.146 e. The number of allylic oxidation sites excluding steroid dienone is 7. The number of ether oxygens (including phenoxy) is 1. The van der Waals surface area contributed by atoms with Gasteiger partial charge in [-0.25, -0.2) is 0 Å². The number of rotatable bonds is 5. The minimum atomic E-state index is 0.409. The minimum Gasteiger partial charge on any atom is -0.492 e. The highest BCUT2D eigenvalue weighted by atomic mass is 35.5. The quantitative estimate of drug-likeness (QED) is 0.311. The number of hydrogen-bond acceptors (Lipinski definition) is 2. The molecule has 0 heterocycles. The first-order valence-corrected chi connectivity index (χ1v) is 5.29. The van der Waals surface area contributed by atoms with Gasteiger partial charge in [0, 0.05) is 6.08 Å². The molecule has 0 aromatic carbocycles. The molecule has 0 atom stereocenters. The lowest BCUT2D eigenvalue weighted by Crippen LogP contribution is -1.99. The van der Waals surface area contributed by atoms with Gasteiger partial charge in [-0.3, -0.25) is 4.79 Å². The molecule has 0 radical (unpaired) electrons. The number of alkyl halides is 1. The van der Waals surface area contributed by atoms with Crippen LogP contribution >= 0.6 is 11.6 Å². The molecule has 0 bridgehead atoms. The van der Waals surface area contributed by atoms with Crippen LogP contribution in [0.5, 0.6) is 0 Å². The van der Waals surface area contributed by atoms with Gasteiger partial charge in [0.15, 0.2) is 0 Å². The van der Waals surface area contributed by atoms with E-state index in [1.165, 1.54) is 6.08 Å². The van der Waals surface area contributed by atoms with E-state index in [1.807, 2.05) is 30.4 Å². The van der Waals surface area contributed by atoms with E-state index in [1.54, 1.807) is 0 Å². The normalized spacial score (nSPS) is 15.8. The third-order valence-corrected chi connectivity index (χ3v) is 2.02. The van der Waals surface area contributed by atoms with Crippen LogP contribution in [0.15, 0.2) is 47.8 Å². The maximum absolute atomic E-state index is 10.5. The predicted molar refractivity (Wildman–Crippen MR) is 61.8 cm³/mol. The molecule has 1 aliphatic rings. The Kier molecular flexibility index (Phi) is 5.56. The van der Waals surface area contributed by atoms with Crippen molar-refractivity contribution in [2.45, 2.75) is 6.42 Å². The molecule has 0 saturated carbocycles. The maximum Gasteiger partial charge on any atom is 0.146 e. The predicted octanol–water partition coefficient (Wildman–Crippen LogP) is 2.77. The molecule has 15 heavy (non-hydrogen) atoms. The van der Waals surface area contributed by atoms with Crippen molar-refractivity contribution < 1.29 is 9.53 Å². The third kappa shape index (κ3) is 4.17. The average Bonchev–Trinajstić information content (AvgIpc) is 2.52. The van der Waals surface area contributed by atoms with Crippen molar-refractivity contribution >= 4 is 17.9 Å². The number of hydrogen-bond donors (Lipinski definition) is 0. The van der Waals surface area contributed by atoms with Crippen molar-refractivity contribution in [1.82, 2.24) is 0 Å². The summed E-state index contributed by atoms with van der Waals surface area (Å²) in [4.78, 5) is 10.5. The van der Waals surface area contributed by atoms with Crippen LogP contribution in [-0.4, -0.2) is 18.8 Å². The molecular formula is C12H13ClO2. The average molecular weight is 225 g/mol. The van der Waals surface area contributed by atoms with Crippen molar-refractivity contribution in [2.75, 3.05) is 12.5 Å². The van der Waals surface area contributed by atoms with Crippen LogP contribution in [-0.2, 0) is 9.53 Å². The Morgan fingerprint density at radius 3 is 3.07 bits per heavy atom. The van der Waals surface area contributed by atoms with Crippen molar-refractivity contribution in [3.63, 3.8) is 0 Å². The Bertz CT molecular complexity index is 325. The van der Waals surface area contributed by atoms with Gasteiger partial charge in [-0.2, -0.15) is 0 Å². The van der Waals surface area contributed by atoms with Crippen molar-refractivity contribution in [3.8, 4) is 0 Å². The second-order valence-electron chi connectivity index (χ2n) is 2.91. The van der Waals surface area contributed by atoms with E-state index in [4.69, 9.17) is 16.3 Å². The molecule has 0 spiro atoms. The fourth-order valence-corrected chi connectivity index (χ4v) is 1.30. The first-order valence-electron chi connectivity index (χ1n) is 4.75. The van der Waals surface area contributed by atoms with E-state index in [0.717, 1.165) is 18.3 Å². The minimum absolute atomic E-state index is 0.409. The molecule has 0 aliphatic heterocycles. The summed E-state index contributed by atoms with van der Waals surface area (Å²) in [6, 6.07) is 0. The lowest BCUT2D eigenvalue weighted by atomic mass is 10.1. The Morgan fingerprint density at radius 2 is 2.33 bits per heavy atom. The van der Waals surface area contributed by atoms with Crippen LogP contribution in [0, 0.1) is 0 Å². The van der Waals surface area contributed by atoms with Gasteiger partial charge in [0.2, 0.25) is 0 Å². The number of carbonyl (C=O) groups excluding carboxylic acids is 1. The summed E-state index contributed by atoms with van der Waals surface area (Å²) in [5, 5.41) is 0. The van der Waals surface area contributed by atoms with Crippen LogP contribution < -0.4 is 0 Å². The summed E-state index contributed by atoms with van der Waals surface area (Å²) in [6.07, 6.45) is 12.7. The molecule has 2 nitrogen and oxygen atoms in total. The summed E-state index contributed by atoms with van der Waals surface area (Å²) in [5.74, 6) is 1.01. The fraction of sp³-hybridized carbons (Fsp3) is 0.250. The molecule has 0 aromatic heterocycles. The molecule has 0 amide bonds. The molecule has 0 aromatic rings. The summed E-state index contributed by atoms with van der Waals surface area (Å²) in [7, 11) is 0. The third-order valence-electron chi connectivity index (χ3n) is 1.86. The lowest BCUT2D eigenvalue weighted by molar-refractivity contribution is -0.104. The molecule has 0 saturated heterocycles. The zero-order valence-electron chi connectivity index (χ0n) is 8.36. The van der Waals surface area contributed by atoms with Crippen molar-refractivity contribution in [2.24, 2.45) is 0 Å². The largest absolute Gasteiger partial charge is 0.492 e. The molecule has 1 rings (SSSR count). The molecule has 80 valence electrons. The standard InChI is InChI=1S/C12H13ClO2/c13-8-10-15-12(7-9-14)11-5-3-1-2-4-6-11/h1-5,7,9H,6,8,10H2/b12-7+. The Morgan fingerprint density at radius 1 is 1.47 bits per heavy atom. The van der Waals surface area contributed by atoms with Crippen LogP contribution in [0.1, 0.15) is 6.42 Å². The van der Waals surface area contributed by atoms with E-state index in [-0.39, 0.29) is 0 Å². The van der Waals surface area contributed by atoms with Gasteiger partial charge in [-0.15, -0.1) is 11.6 Å². The highest BCUT2D eigenvalue weighted by Gasteiger charge is 2.05. The molecule has 1 aliphatic carbocycles. The second kappa shape index (κ2) is 7.07. The van der Waals surface area contributed by atoms with E-state index >= 15 is 0 Å². The van der Waals surface area contributed by atoms with Gasteiger partial charge in [-0.1, -0.05) is 30.4 Å². The van der Waals surface area contributed by atoms with Crippen LogP contribution in [0.25, 0.3) is 0 Å². The van der Waals surface area contributed by atoms with E-state index in [9.17, 15) is 4.79 Å². The molecule has 0 unspecified atom stereocenters. The van der Waals surface area contributed by atoms with E-state index < -0.39 is 0 Å². The number of halogens is 1. The molecule has 0 N–H and O–H groups in total. The SMILES string of the molecule is O=C/C=C(/OCCCl)C1=CC=CC=CC1. The zero-order valence-corrected chi connectivity index (χ0v) is 9.11. The summed E-state index contributed by atoms with van der Waals surface area (Å²) in [5.41, 5.74) is 0.984. The highest BCUT2D eigenvalue weighted by Crippen LogP contribution is 2.18. The summed E-state index contributed by atoms with van der Waals surface area (Å²) in [6.45, 7) is 0.409. The lowest BCUT2D eigenvalue weighted by Gasteiger charge is -2.10. The van der Waals surface area contributed by atoms with E-state index in [2.05, 4.69) is 0 Å². The van der Waals surface area contributed by atoms with Gasteiger partial charge in [0.25, 0.3) is 0 Å². The summed E-state index contributed by atoms with van der Waals surface area (Å²) < 4.78 is 5.39. The molecule has 0 fully saturated rings. The van der Waals surface area contributed by atoms with Gasteiger partial charge < -0.3 is 4.74 Å². The number of carbonyl (C=O) groups is 1. The van der Waals surface area contributed by atoms with Crippen molar-refractivity contribution in [1.29, 1.82) is 0 Å². The maximum atomic E-state index is 10.5. The van der Waals surface area contributed by atoms with Crippen molar-refractivity contribution in [3.05, 3.63) is 47.8 Å². The summed E-state index contributed by atoms with van der Waals surface area (Å²) >= 11 is 5.53. The first kappa shape index (κ1) is 11.8. The monoisotopic (exact) mass is 224 g/mol.